The number of fused-ring (bicyclic) bond motifs is 3. The lowest BCUT2D eigenvalue weighted by molar-refractivity contribution is -0.0699. The maximum atomic E-state index is 6.42. The summed E-state index contributed by atoms with van der Waals surface area (Å²) in [5, 5.41) is 7.78. The van der Waals surface area contributed by atoms with E-state index in [4.69, 9.17) is 56.8 Å². The van der Waals surface area contributed by atoms with Crippen LogP contribution in [0.15, 0.2) is 185 Å². The average Bonchev–Trinajstić information content (AvgIpc) is 0.768. The van der Waals surface area contributed by atoms with Gasteiger partial charge in [-0.1, -0.05) is 223 Å². The van der Waals surface area contributed by atoms with E-state index in [-0.39, 0.29) is 0 Å². The molecule has 0 N–H and O–H groups in total. The van der Waals surface area contributed by atoms with Crippen molar-refractivity contribution < 1.29 is 56.8 Å². The second-order valence-corrected chi connectivity index (χ2v) is 36.2. The number of benzene rings is 8. The molecule has 121 heavy (non-hydrogen) atoms. The summed E-state index contributed by atoms with van der Waals surface area (Å²) in [5.41, 5.74) is 4.12. The third-order valence-electron chi connectivity index (χ3n) is 26.6. The quantitative estimate of drug-likeness (QED) is 0.0453. The summed E-state index contributed by atoms with van der Waals surface area (Å²) in [6.07, 6.45) is 30.3. The normalized spacial score (nSPS) is 25.6. The number of rotatable bonds is 27. The van der Waals surface area contributed by atoms with Crippen LogP contribution in [0.5, 0.6) is 11.5 Å². The van der Waals surface area contributed by atoms with Gasteiger partial charge in [0.15, 0.2) is 0 Å². The minimum absolute atomic E-state index is 0.335. The Hall–Kier alpha value is -5.50. The molecule has 17 nitrogen and oxygen atoms in total. The van der Waals surface area contributed by atoms with Crippen LogP contribution in [0.3, 0.4) is 0 Å². The van der Waals surface area contributed by atoms with Crippen molar-refractivity contribution in [2.24, 2.45) is 0 Å². The van der Waals surface area contributed by atoms with Gasteiger partial charge < -0.3 is 56.8 Å². The molecule has 5 aliphatic heterocycles. The van der Waals surface area contributed by atoms with Crippen LogP contribution in [0.1, 0.15) is 145 Å². The van der Waals surface area contributed by atoms with Gasteiger partial charge >= 0.3 is 0 Å². The SMILES string of the molecule is Brc1ccc(CCOC2CCCCC2N2CCOCC2)cc1.Brc1ccc(OCCOC2CCCCC2N2CCOCC2)cc1.c1ccc2c(CCOC3CCCCC3N3CCOCC3)cccc2c1.c1ccc2cc(CCOC3CCCCC3N3CCOCC3)ccc2c1.c1ccc2cc(OCCOC3CCCCC3N3CCOCC3)ccc2c1. The molecule has 0 bridgehead atoms. The zero-order valence-electron chi connectivity index (χ0n) is 72.3. The predicted molar refractivity (Wildman–Crippen MR) is 494 cm³/mol. The van der Waals surface area contributed by atoms with Crippen molar-refractivity contribution in [3.05, 3.63) is 202 Å². The molecular weight excluding hydrogens is 1650 g/mol. The van der Waals surface area contributed by atoms with Gasteiger partial charge in [-0.05, 0) is 181 Å². The minimum atomic E-state index is 0.335. The highest BCUT2D eigenvalue weighted by molar-refractivity contribution is 9.10. The summed E-state index contributed by atoms with van der Waals surface area (Å²) in [6.45, 7) is 24.2. The van der Waals surface area contributed by atoms with Gasteiger partial charge in [0.05, 0.1) is 130 Å². The Morgan fingerprint density at radius 3 is 0.983 bits per heavy atom. The molecule has 18 rings (SSSR count). The van der Waals surface area contributed by atoms with E-state index in [1.54, 1.807) is 0 Å². The molecule has 5 saturated carbocycles. The van der Waals surface area contributed by atoms with Crippen LogP contribution >= 0.6 is 31.9 Å². The summed E-state index contributed by atoms with van der Waals surface area (Å²) in [7, 11) is 0. The van der Waals surface area contributed by atoms with Crippen LogP contribution in [0, 0.1) is 0 Å². The number of ether oxygens (including phenoxy) is 12. The lowest BCUT2D eigenvalue weighted by Gasteiger charge is -2.41. The molecule has 5 saturated heterocycles. The molecule has 19 heteroatoms. The van der Waals surface area contributed by atoms with E-state index in [9.17, 15) is 0 Å². The Morgan fingerprint density at radius 2 is 0.562 bits per heavy atom. The van der Waals surface area contributed by atoms with E-state index in [1.165, 1.54) is 171 Å². The zero-order chi connectivity index (χ0) is 82.5. The second-order valence-electron chi connectivity index (χ2n) is 34.4. The van der Waals surface area contributed by atoms with E-state index in [1.807, 2.05) is 30.3 Å². The Bertz CT molecular complexity index is 4190. The molecule has 8 aromatic rings. The third kappa shape index (κ3) is 29.3. The van der Waals surface area contributed by atoms with Crippen LogP contribution in [0.2, 0.25) is 0 Å². The molecule has 5 aliphatic carbocycles. The fourth-order valence-corrected chi connectivity index (χ4v) is 20.6. The van der Waals surface area contributed by atoms with Crippen molar-refractivity contribution in [3.63, 3.8) is 0 Å². The zero-order valence-corrected chi connectivity index (χ0v) is 75.4. The van der Waals surface area contributed by atoms with Crippen molar-refractivity contribution in [3.8, 4) is 11.5 Å². The van der Waals surface area contributed by atoms with Gasteiger partial charge in [0, 0.05) is 105 Å². The first kappa shape index (κ1) is 91.7. The molecule has 10 aliphatic rings. The monoisotopic (exact) mass is 1780 g/mol. The number of halogens is 2. The second kappa shape index (κ2) is 51.3. The standard InChI is InChI=1S/C22H29NO3.2C22H29NO2.C18H26BrNO3.C18H26BrNO2/c1-2-6-19-17-20(10-9-18(19)5-1)25-15-16-26-22-8-4-3-7-21(22)23-11-13-24-14-12-23;1-2-9-20-18(6-1)7-5-8-19(20)12-15-25-22-11-4-3-10-21(22)23-13-16-24-17-14-23;1-2-6-20-17-18(9-10-19(20)5-1)11-14-25-22-8-4-3-7-21(22)23-12-15-24-16-13-23;19-15-5-7-16(8-6-15)22-13-14-23-18-4-2-1-3-17(18)20-9-11-21-12-10-20;19-16-7-5-15(6-8-16)9-12-22-18-4-2-1-3-17(18)20-10-13-21-14-11-20/h1-2,5-6,9-10,17,21-22H,3-4,7-8,11-16H2;1-2,5-9,21-22H,3-4,10-17H2;1-2,5-6,9-10,17,21-22H,3-4,7-8,11-16H2;5-8,17-18H,1-4,9-14H2;5-8,17-18H,1-4,9-14H2. The van der Waals surface area contributed by atoms with Crippen molar-refractivity contribution >= 4 is 64.2 Å². The van der Waals surface area contributed by atoms with Crippen molar-refractivity contribution in [1.29, 1.82) is 0 Å². The van der Waals surface area contributed by atoms with Gasteiger partial charge in [0.2, 0.25) is 0 Å². The minimum Gasteiger partial charge on any atom is -0.491 e. The van der Waals surface area contributed by atoms with Crippen LogP contribution in [-0.2, 0) is 66.6 Å². The summed E-state index contributed by atoms with van der Waals surface area (Å²) < 4.78 is 72.9. The Kier molecular flexibility index (Phi) is 38.9. The molecule has 5 heterocycles. The van der Waals surface area contributed by atoms with E-state index in [0.29, 0.717) is 87.2 Å². The predicted octanol–water partition coefficient (Wildman–Crippen LogP) is 19.1. The highest BCUT2D eigenvalue weighted by Gasteiger charge is 2.37. The van der Waals surface area contributed by atoms with Gasteiger partial charge in [-0.15, -0.1) is 0 Å². The molecule has 0 amide bonds. The number of morpholine rings is 5. The molecule has 0 aromatic heterocycles. The Labute approximate surface area is 739 Å². The smallest absolute Gasteiger partial charge is 0.120 e. The van der Waals surface area contributed by atoms with E-state index in [0.717, 1.165) is 197 Å². The number of hydrogen-bond donors (Lipinski definition) is 0. The summed E-state index contributed by atoms with van der Waals surface area (Å²) in [4.78, 5) is 12.9. The highest BCUT2D eigenvalue weighted by Crippen LogP contribution is 2.34. The van der Waals surface area contributed by atoms with Gasteiger partial charge in [-0.2, -0.15) is 0 Å². The molecule has 10 fully saturated rings. The van der Waals surface area contributed by atoms with Gasteiger partial charge in [-0.3, -0.25) is 24.5 Å². The third-order valence-corrected chi connectivity index (χ3v) is 27.6. The van der Waals surface area contributed by atoms with Gasteiger partial charge in [0.25, 0.3) is 0 Å². The first-order chi connectivity index (χ1) is 59.9. The van der Waals surface area contributed by atoms with Crippen LogP contribution < -0.4 is 9.47 Å². The lowest BCUT2D eigenvalue weighted by Crippen LogP contribution is -2.51. The molecule has 8 aromatic carbocycles. The first-order valence-electron chi connectivity index (χ1n) is 46.7. The van der Waals surface area contributed by atoms with Crippen LogP contribution in [-0.4, -0.2) is 263 Å². The highest BCUT2D eigenvalue weighted by atomic mass is 79.9. The molecule has 0 radical (unpaired) electrons. The lowest BCUT2D eigenvalue weighted by atomic mass is 9.91. The van der Waals surface area contributed by atoms with Crippen LogP contribution in [0.4, 0.5) is 0 Å². The van der Waals surface area contributed by atoms with Crippen molar-refractivity contribution in [1.82, 2.24) is 24.5 Å². The Morgan fingerprint density at radius 1 is 0.256 bits per heavy atom. The summed E-state index contributed by atoms with van der Waals surface area (Å²) in [6, 6.07) is 64.6. The fourth-order valence-electron chi connectivity index (χ4n) is 20.0. The van der Waals surface area contributed by atoms with Crippen LogP contribution in [0.25, 0.3) is 32.3 Å². The molecule has 10 unspecified atom stereocenters. The van der Waals surface area contributed by atoms with Crippen molar-refractivity contribution in [2.45, 2.75) is 208 Å². The molecule has 658 valence electrons. The van der Waals surface area contributed by atoms with Gasteiger partial charge in [0.1, 0.15) is 24.7 Å². The molecule has 10 atom stereocenters. The van der Waals surface area contributed by atoms with E-state index >= 15 is 0 Å². The number of nitrogens with zero attached hydrogens (tertiary/aromatic N) is 5. The maximum Gasteiger partial charge on any atom is 0.120 e. The Balaban J connectivity index is 0.000000124. The van der Waals surface area contributed by atoms with Crippen molar-refractivity contribution in [2.75, 3.05) is 178 Å². The summed E-state index contributed by atoms with van der Waals surface area (Å²) in [5.74, 6) is 1.81. The fraction of sp³-hybridized carbons (Fsp3) is 0.588. The van der Waals surface area contributed by atoms with E-state index in [2.05, 4.69) is 202 Å². The van der Waals surface area contributed by atoms with Gasteiger partial charge in [-0.25, -0.2) is 0 Å². The largest absolute Gasteiger partial charge is 0.491 e. The first-order valence-corrected chi connectivity index (χ1v) is 48.3. The topological polar surface area (TPSA) is 127 Å². The van der Waals surface area contributed by atoms with E-state index < -0.39 is 0 Å². The summed E-state index contributed by atoms with van der Waals surface area (Å²) >= 11 is 6.91. The average molecular weight is 1790 g/mol. The molecule has 0 spiro atoms. The molecular formula is C102H139Br2N5O12. The number of hydrogen-bond acceptors (Lipinski definition) is 17. The maximum absolute atomic E-state index is 6.42.